The van der Waals surface area contributed by atoms with Gasteiger partial charge in [0.05, 0.1) is 6.54 Å². The number of ether oxygens (including phenoxy) is 1. The van der Waals surface area contributed by atoms with Crippen LogP contribution < -0.4 is 4.74 Å². The largest absolute Gasteiger partial charge is 0.458 e. The van der Waals surface area contributed by atoms with Crippen molar-refractivity contribution in [2.75, 3.05) is 13.1 Å². The molecule has 0 bridgehead atoms. The van der Waals surface area contributed by atoms with Crippen LogP contribution in [-0.4, -0.2) is 40.0 Å². The molecule has 2 aromatic heterocycles. The molecule has 0 aliphatic carbocycles. The molecule has 0 spiro atoms. The second kappa shape index (κ2) is 7.95. The maximum absolute atomic E-state index is 12.6. The van der Waals surface area contributed by atoms with Gasteiger partial charge in [-0.15, -0.1) is 11.3 Å². The third kappa shape index (κ3) is 4.78. The van der Waals surface area contributed by atoms with Gasteiger partial charge in [0.25, 0.3) is 0 Å². The van der Waals surface area contributed by atoms with E-state index in [-0.39, 0.29) is 12.0 Å². The van der Waals surface area contributed by atoms with Crippen molar-refractivity contribution in [3.8, 4) is 6.01 Å². The lowest BCUT2D eigenvalue weighted by molar-refractivity contribution is -0.133. The average Bonchev–Trinajstić information content (AvgIpc) is 2.97. The molecule has 5 nitrogen and oxygen atoms in total. The Labute approximate surface area is 153 Å². The monoisotopic (exact) mass is 359 g/mol. The molecule has 0 saturated carbocycles. The quantitative estimate of drug-likeness (QED) is 0.820. The lowest BCUT2D eigenvalue weighted by Crippen LogP contribution is -2.44. The highest BCUT2D eigenvalue weighted by molar-refractivity contribution is 7.10. The van der Waals surface area contributed by atoms with Crippen molar-refractivity contribution in [2.45, 2.75) is 52.6 Å². The first-order valence-corrected chi connectivity index (χ1v) is 9.69. The second-order valence-electron chi connectivity index (χ2n) is 6.68. The van der Waals surface area contributed by atoms with E-state index in [1.807, 2.05) is 24.8 Å². The first kappa shape index (κ1) is 17.9. The van der Waals surface area contributed by atoms with Gasteiger partial charge in [0, 0.05) is 29.2 Å². The standard InChI is InChI=1S/C19H25N3O2S/c1-13-8-10-25-17(13)6-7-18(23)22-9-4-5-16(12-22)24-19-20-14(2)11-15(3)21-19/h8,10-11,16H,4-7,9,12H2,1-3H3. The van der Waals surface area contributed by atoms with Gasteiger partial charge in [-0.2, -0.15) is 0 Å². The van der Waals surface area contributed by atoms with Crippen LogP contribution in [0.15, 0.2) is 17.5 Å². The molecule has 0 radical (unpaired) electrons. The van der Waals surface area contributed by atoms with E-state index in [1.54, 1.807) is 11.3 Å². The molecular formula is C19H25N3O2S. The van der Waals surface area contributed by atoms with Crippen LogP contribution in [0.4, 0.5) is 0 Å². The summed E-state index contributed by atoms with van der Waals surface area (Å²) in [5.74, 6) is 0.211. The molecule has 6 heteroatoms. The number of amides is 1. The van der Waals surface area contributed by atoms with E-state index in [0.29, 0.717) is 19.0 Å². The Morgan fingerprint density at radius 3 is 2.76 bits per heavy atom. The van der Waals surface area contributed by atoms with Crippen LogP contribution >= 0.6 is 11.3 Å². The summed E-state index contributed by atoms with van der Waals surface area (Å²) in [6.45, 7) is 7.41. The Kier molecular flexibility index (Phi) is 5.68. The lowest BCUT2D eigenvalue weighted by Gasteiger charge is -2.32. The predicted molar refractivity (Wildman–Crippen MR) is 99.1 cm³/mol. The molecule has 1 aliphatic heterocycles. The highest BCUT2D eigenvalue weighted by atomic mass is 32.1. The summed E-state index contributed by atoms with van der Waals surface area (Å²) in [6, 6.07) is 4.46. The van der Waals surface area contributed by atoms with Gasteiger partial charge in [-0.3, -0.25) is 4.79 Å². The average molecular weight is 359 g/mol. The molecule has 0 N–H and O–H groups in total. The normalized spacial score (nSPS) is 17.6. The molecule has 1 fully saturated rings. The van der Waals surface area contributed by atoms with Gasteiger partial charge in [0.15, 0.2) is 0 Å². The van der Waals surface area contributed by atoms with Crippen molar-refractivity contribution in [3.63, 3.8) is 0 Å². The summed E-state index contributed by atoms with van der Waals surface area (Å²) >= 11 is 1.73. The van der Waals surface area contributed by atoms with Crippen LogP contribution in [0, 0.1) is 20.8 Å². The van der Waals surface area contributed by atoms with Crippen molar-refractivity contribution in [3.05, 3.63) is 39.3 Å². The van der Waals surface area contributed by atoms with Gasteiger partial charge >= 0.3 is 6.01 Å². The predicted octanol–water partition coefficient (Wildman–Crippen LogP) is 3.47. The van der Waals surface area contributed by atoms with Crippen LogP contribution in [-0.2, 0) is 11.2 Å². The molecule has 1 atom stereocenters. The fourth-order valence-electron chi connectivity index (χ4n) is 3.20. The first-order chi connectivity index (χ1) is 12.0. The summed E-state index contributed by atoms with van der Waals surface area (Å²) in [4.78, 5) is 24.5. The zero-order valence-electron chi connectivity index (χ0n) is 15.1. The number of carbonyl (C=O) groups is 1. The third-order valence-electron chi connectivity index (χ3n) is 4.50. The van der Waals surface area contributed by atoms with Crippen LogP contribution in [0.1, 0.15) is 41.1 Å². The number of thiophene rings is 1. The maximum atomic E-state index is 12.6. The molecule has 1 amide bonds. The molecule has 1 saturated heterocycles. The number of aryl methyl sites for hydroxylation is 4. The van der Waals surface area contributed by atoms with Crippen LogP contribution in [0.3, 0.4) is 0 Å². The van der Waals surface area contributed by atoms with Crippen LogP contribution in [0.2, 0.25) is 0 Å². The summed E-state index contributed by atoms with van der Waals surface area (Å²) in [5.41, 5.74) is 3.08. The molecule has 1 aliphatic rings. The third-order valence-corrected chi connectivity index (χ3v) is 5.58. The van der Waals surface area contributed by atoms with Gasteiger partial charge in [-0.25, -0.2) is 9.97 Å². The number of rotatable bonds is 5. The number of carbonyl (C=O) groups excluding carboxylic acids is 1. The molecule has 1 unspecified atom stereocenters. The summed E-state index contributed by atoms with van der Waals surface area (Å²) in [7, 11) is 0. The number of likely N-dealkylation sites (tertiary alicyclic amines) is 1. The van der Waals surface area contributed by atoms with Gasteiger partial charge in [0.2, 0.25) is 5.91 Å². The zero-order valence-corrected chi connectivity index (χ0v) is 15.9. The number of nitrogens with zero attached hydrogens (tertiary/aromatic N) is 3. The van der Waals surface area contributed by atoms with Crippen molar-refractivity contribution < 1.29 is 9.53 Å². The molecule has 3 heterocycles. The smallest absolute Gasteiger partial charge is 0.317 e. The second-order valence-corrected chi connectivity index (χ2v) is 7.68. The summed E-state index contributed by atoms with van der Waals surface area (Å²) in [5, 5.41) is 2.09. The Balaban J connectivity index is 1.55. The van der Waals surface area contributed by atoms with Crippen molar-refractivity contribution in [1.29, 1.82) is 0 Å². The summed E-state index contributed by atoms with van der Waals surface area (Å²) in [6.07, 6.45) is 3.25. The van der Waals surface area contributed by atoms with E-state index in [2.05, 4.69) is 28.3 Å². The number of aromatic nitrogens is 2. The molecule has 134 valence electrons. The Bertz CT molecular complexity index is 724. The minimum Gasteiger partial charge on any atom is -0.458 e. The van der Waals surface area contributed by atoms with Crippen molar-refractivity contribution in [2.24, 2.45) is 0 Å². The van der Waals surface area contributed by atoms with E-state index >= 15 is 0 Å². The Morgan fingerprint density at radius 1 is 1.32 bits per heavy atom. The Hall–Kier alpha value is -1.95. The summed E-state index contributed by atoms with van der Waals surface area (Å²) < 4.78 is 5.95. The van der Waals surface area contributed by atoms with Gasteiger partial charge in [-0.05, 0) is 63.1 Å². The van der Waals surface area contributed by atoms with Crippen molar-refractivity contribution in [1.82, 2.24) is 14.9 Å². The lowest BCUT2D eigenvalue weighted by atomic mass is 10.1. The van der Waals surface area contributed by atoms with E-state index < -0.39 is 0 Å². The van der Waals surface area contributed by atoms with Crippen molar-refractivity contribution >= 4 is 17.2 Å². The van der Waals surface area contributed by atoms with E-state index in [9.17, 15) is 4.79 Å². The maximum Gasteiger partial charge on any atom is 0.317 e. The number of hydrogen-bond donors (Lipinski definition) is 0. The molecule has 3 rings (SSSR count). The number of hydrogen-bond acceptors (Lipinski definition) is 5. The highest BCUT2D eigenvalue weighted by Crippen LogP contribution is 2.20. The molecule has 2 aromatic rings. The fourth-order valence-corrected chi connectivity index (χ4v) is 4.11. The van der Waals surface area contributed by atoms with Crippen LogP contribution in [0.5, 0.6) is 6.01 Å². The first-order valence-electron chi connectivity index (χ1n) is 8.81. The SMILES string of the molecule is Cc1cc(C)nc(OC2CCCN(C(=O)CCc3sccc3C)C2)n1. The fraction of sp³-hybridized carbons (Fsp3) is 0.526. The Morgan fingerprint density at radius 2 is 2.08 bits per heavy atom. The minimum absolute atomic E-state index is 0.0256. The van der Waals surface area contributed by atoms with Gasteiger partial charge < -0.3 is 9.64 Å². The highest BCUT2D eigenvalue weighted by Gasteiger charge is 2.25. The van der Waals surface area contributed by atoms with Gasteiger partial charge in [0.1, 0.15) is 6.10 Å². The molecule has 25 heavy (non-hydrogen) atoms. The van der Waals surface area contributed by atoms with Gasteiger partial charge in [-0.1, -0.05) is 0 Å². The molecular weight excluding hydrogens is 334 g/mol. The zero-order chi connectivity index (χ0) is 17.8. The van der Waals surface area contributed by atoms with E-state index in [4.69, 9.17) is 4.74 Å². The topological polar surface area (TPSA) is 55.3 Å². The van der Waals surface area contributed by atoms with E-state index in [1.165, 1.54) is 10.4 Å². The van der Waals surface area contributed by atoms with E-state index in [0.717, 1.165) is 37.2 Å². The minimum atomic E-state index is -0.0256. The number of piperidine rings is 1. The van der Waals surface area contributed by atoms with Crippen LogP contribution in [0.25, 0.3) is 0 Å². The molecule has 0 aromatic carbocycles.